The van der Waals surface area contributed by atoms with Gasteiger partial charge in [-0.05, 0) is 12.5 Å². The lowest BCUT2D eigenvalue weighted by Gasteiger charge is -2.09. The lowest BCUT2D eigenvalue weighted by molar-refractivity contribution is 0.302. The minimum Gasteiger partial charge on any atom is -0.493 e. The van der Waals surface area contributed by atoms with Crippen molar-refractivity contribution >= 4 is 11.6 Å². The van der Waals surface area contributed by atoms with Gasteiger partial charge in [0.2, 0.25) is 0 Å². The van der Waals surface area contributed by atoms with Gasteiger partial charge >= 0.3 is 0 Å². The van der Waals surface area contributed by atoms with Crippen LogP contribution in [0.2, 0.25) is 0 Å². The van der Waals surface area contributed by atoms with Crippen LogP contribution in [0, 0.1) is 0 Å². The lowest BCUT2D eigenvalue weighted by atomic mass is 10.1. The summed E-state index contributed by atoms with van der Waals surface area (Å²) in [7, 11) is 0. The number of hydrogen-bond donors (Lipinski definition) is 0. The maximum Gasteiger partial charge on any atom is 0.123 e. The van der Waals surface area contributed by atoms with Crippen molar-refractivity contribution < 1.29 is 4.74 Å². The Hall–Kier alpha value is -0.690. The highest BCUT2D eigenvalue weighted by molar-refractivity contribution is 6.17. The van der Waals surface area contributed by atoms with Gasteiger partial charge in [-0.15, -0.1) is 11.6 Å². The van der Waals surface area contributed by atoms with Crippen molar-refractivity contribution in [3.8, 4) is 5.75 Å². The molecule has 0 aliphatic carbocycles. The van der Waals surface area contributed by atoms with Gasteiger partial charge in [0.05, 0.1) is 12.5 Å². The molecule has 108 valence electrons. The maximum absolute atomic E-state index is 5.88. The fourth-order valence-corrected chi connectivity index (χ4v) is 2.39. The second kappa shape index (κ2) is 11.2. The highest BCUT2D eigenvalue weighted by Gasteiger charge is 2.00. The molecule has 1 aromatic rings. The van der Waals surface area contributed by atoms with Crippen LogP contribution in [0.4, 0.5) is 0 Å². The van der Waals surface area contributed by atoms with Gasteiger partial charge in [-0.25, -0.2) is 0 Å². The van der Waals surface area contributed by atoms with Crippen molar-refractivity contribution in [1.82, 2.24) is 0 Å². The molecule has 2 heteroatoms. The zero-order chi connectivity index (χ0) is 13.8. The van der Waals surface area contributed by atoms with E-state index in [2.05, 4.69) is 6.92 Å². The van der Waals surface area contributed by atoms with Gasteiger partial charge in [0, 0.05) is 5.56 Å². The topological polar surface area (TPSA) is 9.23 Å². The van der Waals surface area contributed by atoms with Crippen molar-refractivity contribution in [2.45, 2.75) is 64.2 Å². The van der Waals surface area contributed by atoms with Crippen molar-refractivity contribution in [2.75, 3.05) is 6.61 Å². The number of para-hydroxylation sites is 1. The average Bonchev–Trinajstić information content (AvgIpc) is 2.46. The molecule has 0 fully saturated rings. The van der Waals surface area contributed by atoms with E-state index >= 15 is 0 Å². The molecule has 0 aromatic heterocycles. The van der Waals surface area contributed by atoms with Gasteiger partial charge < -0.3 is 4.74 Å². The summed E-state index contributed by atoms with van der Waals surface area (Å²) in [4.78, 5) is 0. The molecule has 1 aromatic carbocycles. The Bertz CT molecular complexity index is 325. The summed E-state index contributed by atoms with van der Waals surface area (Å²) in [5, 5.41) is 0. The third kappa shape index (κ3) is 7.47. The van der Waals surface area contributed by atoms with Gasteiger partial charge in [0.1, 0.15) is 5.75 Å². The summed E-state index contributed by atoms with van der Waals surface area (Å²) < 4.78 is 5.79. The van der Waals surface area contributed by atoms with Crippen molar-refractivity contribution in [2.24, 2.45) is 0 Å². The van der Waals surface area contributed by atoms with Crippen LogP contribution in [0.25, 0.3) is 0 Å². The molecule has 19 heavy (non-hydrogen) atoms. The van der Waals surface area contributed by atoms with E-state index in [-0.39, 0.29) is 0 Å². The molecule has 0 heterocycles. The Morgan fingerprint density at radius 2 is 1.53 bits per heavy atom. The minimum absolute atomic E-state index is 0.521. The molecule has 0 saturated carbocycles. The van der Waals surface area contributed by atoms with Gasteiger partial charge in [0.15, 0.2) is 0 Å². The predicted molar refractivity (Wildman–Crippen MR) is 84.1 cm³/mol. The number of unbranched alkanes of at least 4 members (excludes halogenated alkanes) is 7. The van der Waals surface area contributed by atoms with Crippen molar-refractivity contribution in [3.63, 3.8) is 0 Å². The third-order valence-electron chi connectivity index (χ3n) is 3.37. The first kappa shape index (κ1) is 16.4. The average molecular weight is 283 g/mol. The van der Waals surface area contributed by atoms with E-state index in [1.165, 1.54) is 44.9 Å². The van der Waals surface area contributed by atoms with Crippen LogP contribution in [0.3, 0.4) is 0 Å². The van der Waals surface area contributed by atoms with Crippen LogP contribution in [-0.2, 0) is 5.88 Å². The maximum atomic E-state index is 5.88. The normalized spacial score (nSPS) is 10.6. The first-order valence-corrected chi connectivity index (χ1v) is 8.18. The third-order valence-corrected chi connectivity index (χ3v) is 3.66. The van der Waals surface area contributed by atoms with Gasteiger partial charge in [-0.1, -0.05) is 70.1 Å². The van der Waals surface area contributed by atoms with E-state index in [0.29, 0.717) is 5.88 Å². The van der Waals surface area contributed by atoms with Gasteiger partial charge in [-0.2, -0.15) is 0 Å². The molecular formula is C17H27ClO. The Labute approximate surface area is 123 Å². The van der Waals surface area contributed by atoms with Crippen LogP contribution < -0.4 is 4.74 Å². The van der Waals surface area contributed by atoms with E-state index < -0.39 is 0 Å². The van der Waals surface area contributed by atoms with Crippen LogP contribution in [0.15, 0.2) is 24.3 Å². The smallest absolute Gasteiger partial charge is 0.123 e. The molecule has 1 rings (SSSR count). The highest BCUT2D eigenvalue weighted by atomic mass is 35.5. The molecule has 0 radical (unpaired) electrons. The van der Waals surface area contributed by atoms with E-state index in [0.717, 1.165) is 24.3 Å². The molecule has 0 aliphatic heterocycles. The summed E-state index contributed by atoms with van der Waals surface area (Å²) in [6.45, 7) is 3.07. The van der Waals surface area contributed by atoms with E-state index in [1.807, 2.05) is 24.3 Å². The second-order valence-electron chi connectivity index (χ2n) is 5.06. The van der Waals surface area contributed by atoms with E-state index in [4.69, 9.17) is 16.3 Å². The molecule has 0 unspecified atom stereocenters. The van der Waals surface area contributed by atoms with Crippen LogP contribution in [0.1, 0.15) is 63.9 Å². The highest BCUT2D eigenvalue weighted by Crippen LogP contribution is 2.20. The summed E-state index contributed by atoms with van der Waals surface area (Å²) in [5.74, 6) is 1.47. The zero-order valence-electron chi connectivity index (χ0n) is 12.2. The summed E-state index contributed by atoms with van der Waals surface area (Å²) >= 11 is 5.88. The number of hydrogen-bond acceptors (Lipinski definition) is 1. The Morgan fingerprint density at radius 3 is 2.21 bits per heavy atom. The van der Waals surface area contributed by atoms with Crippen LogP contribution >= 0.6 is 11.6 Å². The monoisotopic (exact) mass is 282 g/mol. The number of benzene rings is 1. The summed E-state index contributed by atoms with van der Waals surface area (Å²) in [6, 6.07) is 8.03. The van der Waals surface area contributed by atoms with E-state index in [9.17, 15) is 0 Å². The molecule has 1 nitrogen and oxygen atoms in total. The fraction of sp³-hybridized carbons (Fsp3) is 0.647. The van der Waals surface area contributed by atoms with Crippen LogP contribution in [-0.4, -0.2) is 6.61 Å². The number of alkyl halides is 1. The number of rotatable bonds is 11. The Balaban J connectivity index is 2.01. The molecule has 0 amide bonds. The standard InChI is InChI=1S/C17H27ClO/c1-2-3-4-5-6-7-8-11-14-19-17-13-10-9-12-16(17)15-18/h9-10,12-13H,2-8,11,14-15H2,1H3. The number of ether oxygens (including phenoxy) is 1. The number of halogens is 1. The summed E-state index contributed by atoms with van der Waals surface area (Å²) in [6.07, 6.45) is 10.6. The molecule has 0 saturated heterocycles. The fourth-order valence-electron chi connectivity index (χ4n) is 2.17. The minimum atomic E-state index is 0.521. The molecule has 0 aliphatic rings. The molecule has 0 atom stereocenters. The molecule has 0 spiro atoms. The molecular weight excluding hydrogens is 256 g/mol. The van der Waals surface area contributed by atoms with Crippen molar-refractivity contribution in [3.05, 3.63) is 29.8 Å². The molecule has 0 N–H and O–H groups in total. The quantitative estimate of drug-likeness (QED) is 0.360. The van der Waals surface area contributed by atoms with Crippen molar-refractivity contribution in [1.29, 1.82) is 0 Å². The first-order valence-electron chi connectivity index (χ1n) is 7.65. The molecule has 0 bridgehead atoms. The Kier molecular flexibility index (Phi) is 9.61. The predicted octanol–water partition coefficient (Wildman–Crippen LogP) is 5.94. The van der Waals surface area contributed by atoms with Crippen LogP contribution in [0.5, 0.6) is 5.75 Å². The first-order chi connectivity index (χ1) is 9.38. The van der Waals surface area contributed by atoms with Gasteiger partial charge in [0.25, 0.3) is 0 Å². The zero-order valence-corrected chi connectivity index (χ0v) is 12.9. The van der Waals surface area contributed by atoms with Gasteiger partial charge in [-0.3, -0.25) is 0 Å². The lowest BCUT2D eigenvalue weighted by Crippen LogP contribution is -1.99. The largest absolute Gasteiger partial charge is 0.493 e. The SMILES string of the molecule is CCCCCCCCCCOc1ccccc1CCl. The Morgan fingerprint density at radius 1 is 0.895 bits per heavy atom. The summed E-state index contributed by atoms with van der Waals surface area (Å²) in [5.41, 5.74) is 1.09. The second-order valence-corrected chi connectivity index (χ2v) is 5.33. The van der Waals surface area contributed by atoms with E-state index in [1.54, 1.807) is 0 Å².